The van der Waals surface area contributed by atoms with E-state index in [1.807, 2.05) is 42.5 Å². The Labute approximate surface area is 105 Å². The molecular weight excluding hydrogens is 225 g/mol. The van der Waals surface area contributed by atoms with Gasteiger partial charge in [-0.15, -0.1) is 0 Å². The Morgan fingerprint density at radius 3 is 2.33 bits per heavy atom. The maximum atomic E-state index is 13.9. The molecule has 0 atom stereocenters. The molecule has 0 amide bonds. The summed E-state index contributed by atoms with van der Waals surface area (Å²) < 4.78 is 13.9. The van der Waals surface area contributed by atoms with Crippen molar-refractivity contribution < 1.29 is 4.39 Å². The lowest BCUT2D eigenvalue weighted by Gasteiger charge is -2.06. The number of nitrogen functional groups attached to an aromatic ring is 1. The molecule has 0 unspecified atom stereocenters. The number of hydrogen-bond acceptors (Lipinski definition) is 1. The molecule has 3 rings (SSSR count). The summed E-state index contributed by atoms with van der Waals surface area (Å²) >= 11 is 0. The van der Waals surface area contributed by atoms with E-state index < -0.39 is 0 Å². The van der Waals surface area contributed by atoms with Crippen LogP contribution in [0.4, 0.5) is 10.1 Å². The van der Waals surface area contributed by atoms with Crippen molar-refractivity contribution >= 4 is 16.5 Å². The van der Waals surface area contributed by atoms with E-state index in [9.17, 15) is 4.39 Å². The van der Waals surface area contributed by atoms with E-state index in [-0.39, 0.29) is 5.82 Å². The summed E-state index contributed by atoms with van der Waals surface area (Å²) in [6.07, 6.45) is 0. The van der Waals surface area contributed by atoms with E-state index in [1.54, 1.807) is 12.1 Å². The van der Waals surface area contributed by atoms with Crippen LogP contribution in [0.5, 0.6) is 0 Å². The molecule has 0 aliphatic carbocycles. The van der Waals surface area contributed by atoms with Gasteiger partial charge in [-0.2, -0.15) is 0 Å². The van der Waals surface area contributed by atoms with Crippen molar-refractivity contribution in [2.75, 3.05) is 5.73 Å². The highest BCUT2D eigenvalue weighted by Crippen LogP contribution is 2.27. The Hall–Kier alpha value is -2.35. The molecule has 0 saturated carbocycles. The number of anilines is 1. The quantitative estimate of drug-likeness (QED) is 0.630. The molecule has 2 heteroatoms. The summed E-state index contributed by atoms with van der Waals surface area (Å²) in [5.41, 5.74) is 7.44. The zero-order valence-electron chi connectivity index (χ0n) is 9.73. The van der Waals surface area contributed by atoms with Crippen molar-refractivity contribution in [2.45, 2.75) is 0 Å². The zero-order valence-corrected chi connectivity index (χ0v) is 9.73. The summed E-state index contributed by atoms with van der Waals surface area (Å²) in [5, 5.41) is 2.25. The third-order valence-corrected chi connectivity index (χ3v) is 3.05. The molecule has 3 aromatic rings. The van der Waals surface area contributed by atoms with Gasteiger partial charge in [0, 0.05) is 11.3 Å². The molecule has 0 fully saturated rings. The first-order chi connectivity index (χ1) is 8.74. The minimum Gasteiger partial charge on any atom is -0.399 e. The first-order valence-corrected chi connectivity index (χ1v) is 5.78. The number of nitrogens with two attached hydrogens (primary N) is 1. The van der Waals surface area contributed by atoms with Crippen LogP contribution in [0.15, 0.2) is 60.7 Å². The lowest BCUT2D eigenvalue weighted by Crippen LogP contribution is -1.89. The minimum atomic E-state index is -0.287. The van der Waals surface area contributed by atoms with E-state index in [1.165, 1.54) is 6.07 Å². The monoisotopic (exact) mass is 237 g/mol. The van der Waals surface area contributed by atoms with E-state index in [4.69, 9.17) is 5.73 Å². The third-order valence-electron chi connectivity index (χ3n) is 3.05. The first kappa shape index (κ1) is 10.8. The summed E-state index contributed by atoms with van der Waals surface area (Å²) in [6.45, 7) is 0. The largest absolute Gasteiger partial charge is 0.399 e. The van der Waals surface area contributed by atoms with Crippen LogP contribution in [0.3, 0.4) is 0 Å². The fraction of sp³-hybridized carbons (Fsp3) is 0. The number of halogens is 1. The van der Waals surface area contributed by atoms with Crippen LogP contribution in [0.1, 0.15) is 0 Å². The molecule has 1 nitrogen and oxygen atoms in total. The highest BCUT2D eigenvalue weighted by molar-refractivity contribution is 5.87. The van der Waals surface area contributed by atoms with Gasteiger partial charge in [-0.3, -0.25) is 0 Å². The number of hydrogen-bond donors (Lipinski definition) is 1. The Bertz CT molecular complexity index is 719. The fourth-order valence-corrected chi connectivity index (χ4v) is 2.12. The van der Waals surface area contributed by atoms with Gasteiger partial charge in [0.1, 0.15) is 5.82 Å². The van der Waals surface area contributed by atoms with Crippen LogP contribution in [0, 0.1) is 5.82 Å². The Balaban J connectivity index is 2.19. The average Bonchev–Trinajstić information content (AvgIpc) is 2.38. The average molecular weight is 237 g/mol. The number of rotatable bonds is 1. The molecule has 0 spiro atoms. The van der Waals surface area contributed by atoms with Crippen molar-refractivity contribution in [1.82, 2.24) is 0 Å². The minimum absolute atomic E-state index is 0.287. The standard InChI is InChI=1S/C16H12FN/c17-16-10-14(18)7-8-15(16)13-6-5-11-3-1-2-4-12(11)9-13/h1-10H,18H2. The van der Waals surface area contributed by atoms with E-state index in [2.05, 4.69) is 0 Å². The maximum absolute atomic E-state index is 13.9. The Kier molecular flexibility index (Phi) is 2.49. The van der Waals surface area contributed by atoms with Crippen molar-refractivity contribution in [1.29, 1.82) is 0 Å². The SMILES string of the molecule is Nc1ccc(-c2ccc3ccccc3c2)c(F)c1. The van der Waals surface area contributed by atoms with Crippen molar-refractivity contribution in [3.63, 3.8) is 0 Å². The number of benzene rings is 3. The molecular formula is C16H12FN. The van der Waals surface area contributed by atoms with Crippen LogP contribution in [-0.2, 0) is 0 Å². The first-order valence-electron chi connectivity index (χ1n) is 5.78. The Morgan fingerprint density at radius 1 is 0.778 bits per heavy atom. The molecule has 18 heavy (non-hydrogen) atoms. The fourth-order valence-electron chi connectivity index (χ4n) is 2.12. The molecule has 88 valence electrons. The smallest absolute Gasteiger partial charge is 0.133 e. The van der Waals surface area contributed by atoms with E-state index in [0.29, 0.717) is 11.3 Å². The summed E-state index contributed by atoms with van der Waals surface area (Å²) in [7, 11) is 0. The molecule has 0 saturated heterocycles. The van der Waals surface area contributed by atoms with Gasteiger partial charge in [-0.05, 0) is 40.6 Å². The topological polar surface area (TPSA) is 26.0 Å². The highest BCUT2D eigenvalue weighted by Gasteiger charge is 2.05. The Morgan fingerprint density at radius 2 is 1.56 bits per heavy atom. The van der Waals surface area contributed by atoms with Crippen LogP contribution in [0.25, 0.3) is 21.9 Å². The van der Waals surface area contributed by atoms with Crippen LogP contribution in [0.2, 0.25) is 0 Å². The van der Waals surface area contributed by atoms with Crippen molar-refractivity contribution in [3.05, 3.63) is 66.5 Å². The van der Waals surface area contributed by atoms with E-state index in [0.717, 1.165) is 16.3 Å². The highest BCUT2D eigenvalue weighted by atomic mass is 19.1. The summed E-state index contributed by atoms with van der Waals surface area (Å²) in [5.74, 6) is -0.287. The molecule has 0 radical (unpaired) electrons. The van der Waals surface area contributed by atoms with Gasteiger partial charge in [0.25, 0.3) is 0 Å². The van der Waals surface area contributed by atoms with Gasteiger partial charge >= 0.3 is 0 Å². The molecule has 2 N–H and O–H groups in total. The van der Waals surface area contributed by atoms with Crippen LogP contribution >= 0.6 is 0 Å². The lowest BCUT2D eigenvalue weighted by atomic mass is 10.0. The predicted molar refractivity (Wildman–Crippen MR) is 73.8 cm³/mol. The lowest BCUT2D eigenvalue weighted by molar-refractivity contribution is 0.632. The van der Waals surface area contributed by atoms with Gasteiger partial charge in [0.05, 0.1) is 0 Å². The second-order valence-corrected chi connectivity index (χ2v) is 4.30. The van der Waals surface area contributed by atoms with Crippen molar-refractivity contribution in [2.24, 2.45) is 0 Å². The summed E-state index contributed by atoms with van der Waals surface area (Å²) in [6, 6.07) is 18.7. The molecule has 0 aromatic heterocycles. The second-order valence-electron chi connectivity index (χ2n) is 4.30. The molecule has 3 aromatic carbocycles. The van der Waals surface area contributed by atoms with Crippen LogP contribution < -0.4 is 5.73 Å². The molecule has 0 aliphatic heterocycles. The second kappa shape index (κ2) is 4.15. The predicted octanol–water partition coefficient (Wildman–Crippen LogP) is 4.23. The molecule has 0 heterocycles. The van der Waals surface area contributed by atoms with Gasteiger partial charge < -0.3 is 5.73 Å². The summed E-state index contributed by atoms with van der Waals surface area (Å²) in [4.78, 5) is 0. The van der Waals surface area contributed by atoms with E-state index >= 15 is 0 Å². The van der Waals surface area contributed by atoms with Gasteiger partial charge in [-0.1, -0.05) is 36.4 Å². The van der Waals surface area contributed by atoms with Gasteiger partial charge in [0.15, 0.2) is 0 Å². The van der Waals surface area contributed by atoms with Gasteiger partial charge in [-0.25, -0.2) is 4.39 Å². The maximum Gasteiger partial charge on any atom is 0.133 e. The zero-order chi connectivity index (χ0) is 12.5. The van der Waals surface area contributed by atoms with Crippen molar-refractivity contribution in [3.8, 4) is 11.1 Å². The molecule has 0 bridgehead atoms. The van der Waals surface area contributed by atoms with Crippen LogP contribution in [-0.4, -0.2) is 0 Å². The van der Waals surface area contributed by atoms with Gasteiger partial charge in [0.2, 0.25) is 0 Å². The number of fused-ring (bicyclic) bond motifs is 1. The normalized spacial score (nSPS) is 10.7. The molecule has 0 aliphatic rings. The third kappa shape index (κ3) is 1.82.